The van der Waals surface area contributed by atoms with Crippen molar-refractivity contribution in [2.24, 2.45) is 5.92 Å². The molecule has 0 aliphatic heterocycles. The quantitative estimate of drug-likeness (QED) is 0.592. The Morgan fingerprint density at radius 3 is 2.50 bits per heavy atom. The first-order valence-corrected chi connectivity index (χ1v) is 12.1. The third kappa shape index (κ3) is 6.21. The third-order valence-corrected chi connectivity index (χ3v) is 7.24. The van der Waals surface area contributed by atoms with Gasteiger partial charge in [0.1, 0.15) is 5.75 Å². The smallest absolute Gasteiger partial charge is 0.235 e. The number of hydrogen-bond donors (Lipinski definition) is 1. The van der Waals surface area contributed by atoms with E-state index in [1.807, 2.05) is 23.6 Å². The maximum atomic E-state index is 12.5. The summed E-state index contributed by atoms with van der Waals surface area (Å²) in [6.07, 6.45) is 1.84. The molecule has 1 aromatic heterocycles. The summed E-state index contributed by atoms with van der Waals surface area (Å²) >= 11 is 4.92. The van der Waals surface area contributed by atoms with Crippen molar-refractivity contribution in [1.29, 1.82) is 0 Å². The Morgan fingerprint density at radius 1 is 1.19 bits per heavy atom. The number of amides is 1. The predicted octanol–water partition coefficient (Wildman–Crippen LogP) is 4.72. The second kappa shape index (κ2) is 9.67. The summed E-state index contributed by atoms with van der Waals surface area (Å²) in [6, 6.07) is 10.9. The van der Waals surface area contributed by atoms with Gasteiger partial charge in [0, 0.05) is 9.35 Å². The van der Waals surface area contributed by atoms with E-state index >= 15 is 0 Å². The molecule has 2 rings (SSSR count). The molecule has 4 nitrogen and oxygen atoms in total. The van der Waals surface area contributed by atoms with E-state index < -0.39 is 21.5 Å². The minimum Gasteiger partial charge on any atom is -0.347 e. The lowest BCUT2D eigenvalue weighted by atomic mass is 9.93. The van der Waals surface area contributed by atoms with Crippen LogP contribution in [0.2, 0.25) is 0 Å². The molecule has 1 amide bonds. The molecule has 7 heteroatoms. The largest absolute Gasteiger partial charge is 0.347 e. The Morgan fingerprint density at radius 2 is 1.92 bits per heavy atom. The van der Waals surface area contributed by atoms with Crippen molar-refractivity contribution in [3.63, 3.8) is 0 Å². The highest BCUT2D eigenvalue weighted by Crippen LogP contribution is 2.30. The van der Waals surface area contributed by atoms with Gasteiger partial charge in [0.15, 0.2) is 9.84 Å². The maximum absolute atomic E-state index is 12.5. The van der Waals surface area contributed by atoms with Crippen LogP contribution in [-0.2, 0) is 20.4 Å². The summed E-state index contributed by atoms with van der Waals surface area (Å²) < 4.78 is 25.7. The molecule has 0 radical (unpaired) electrons. The molecule has 0 spiro atoms. The highest BCUT2D eigenvalue weighted by Gasteiger charge is 2.26. The number of carbonyl (C=O) groups excluding carboxylic acids is 1. The number of hydrogen-bond acceptors (Lipinski definition) is 4. The van der Waals surface area contributed by atoms with Gasteiger partial charge in [-0.1, -0.05) is 60.8 Å². The van der Waals surface area contributed by atoms with Crippen LogP contribution in [0.1, 0.15) is 43.2 Å². The van der Waals surface area contributed by atoms with E-state index in [0.29, 0.717) is 5.56 Å². The van der Waals surface area contributed by atoms with Gasteiger partial charge in [0.05, 0.1) is 11.8 Å². The van der Waals surface area contributed by atoms with Crippen molar-refractivity contribution in [3.8, 4) is 0 Å². The van der Waals surface area contributed by atoms with Crippen molar-refractivity contribution in [2.45, 2.75) is 38.5 Å². The molecule has 0 saturated heterocycles. The maximum Gasteiger partial charge on any atom is 0.235 e. The molecule has 0 saturated carbocycles. The molecule has 1 atom stereocenters. The lowest BCUT2D eigenvalue weighted by molar-refractivity contribution is -0.119. The van der Waals surface area contributed by atoms with Crippen LogP contribution < -0.4 is 5.32 Å². The van der Waals surface area contributed by atoms with E-state index in [2.05, 4.69) is 35.1 Å². The molecule has 0 fully saturated rings. The van der Waals surface area contributed by atoms with Crippen LogP contribution in [0.15, 0.2) is 46.3 Å². The van der Waals surface area contributed by atoms with Crippen molar-refractivity contribution in [2.75, 3.05) is 5.75 Å². The first-order chi connectivity index (χ1) is 12.3. The second-order valence-electron chi connectivity index (χ2n) is 6.30. The van der Waals surface area contributed by atoms with E-state index in [4.69, 9.17) is 0 Å². The van der Waals surface area contributed by atoms with Crippen LogP contribution in [0.25, 0.3) is 0 Å². The van der Waals surface area contributed by atoms with Gasteiger partial charge in [-0.15, -0.1) is 11.3 Å². The van der Waals surface area contributed by atoms with Gasteiger partial charge < -0.3 is 5.32 Å². The zero-order valence-electron chi connectivity index (χ0n) is 14.9. The monoisotopic (exact) mass is 457 g/mol. The third-order valence-electron chi connectivity index (χ3n) is 4.31. The fourth-order valence-electron chi connectivity index (χ4n) is 3.00. The van der Waals surface area contributed by atoms with Crippen LogP contribution in [-0.4, -0.2) is 20.1 Å². The average molecular weight is 458 g/mol. The van der Waals surface area contributed by atoms with Crippen LogP contribution >= 0.6 is 27.3 Å². The Hall–Kier alpha value is -1.18. The van der Waals surface area contributed by atoms with Gasteiger partial charge in [-0.25, -0.2) is 8.42 Å². The molecule has 0 aliphatic carbocycles. The van der Waals surface area contributed by atoms with Gasteiger partial charge in [-0.3, -0.25) is 4.79 Å². The molecule has 142 valence electrons. The van der Waals surface area contributed by atoms with Gasteiger partial charge in [-0.2, -0.15) is 0 Å². The minimum absolute atomic E-state index is 0.140. The van der Waals surface area contributed by atoms with Crippen LogP contribution in [0.5, 0.6) is 0 Å². The molecule has 26 heavy (non-hydrogen) atoms. The average Bonchev–Trinajstić information content (AvgIpc) is 3.08. The fraction of sp³-hybridized carbons (Fsp3) is 0.421. The predicted molar refractivity (Wildman–Crippen MR) is 111 cm³/mol. The Kier molecular flexibility index (Phi) is 7.85. The molecule has 1 heterocycles. The van der Waals surface area contributed by atoms with Gasteiger partial charge >= 0.3 is 0 Å². The van der Waals surface area contributed by atoms with Crippen molar-refractivity contribution in [3.05, 3.63) is 56.7 Å². The van der Waals surface area contributed by atoms with E-state index in [1.165, 1.54) is 0 Å². The molecule has 0 bridgehead atoms. The zero-order chi connectivity index (χ0) is 19.2. The van der Waals surface area contributed by atoms with E-state index in [-0.39, 0.29) is 17.7 Å². The van der Waals surface area contributed by atoms with Crippen LogP contribution in [0.3, 0.4) is 0 Å². The summed E-state index contributed by atoms with van der Waals surface area (Å²) in [7, 11) is -3.53. The van der Waals surface area contributed by atoms with Gasteiger partial charge in [-0.05, 0) is 35.1 Å². The first kappa shape index (κ1) is 21.1. The summed E-state index contributed by atoms with van der Waals surface area (Å²) in [5.74, 6) is -0.800. The second-order valence-corrected chi connectivity index (χ2v) is 10.3. The minimum atomic E-state index is -3.53. The highest BCUT2D eigenvalue weighted by atomic mass is 79.9. The van der Waals surface area contributed by atoms with Crippen molar-refractivity contribution in [1.82, 2.24) is 5.32 Å². The van der Waals surface area contributed by atoms with Crippen molar-refractivity contribution < 1.29 is 13.2 Å². The molecule has 2 aromatic rings. The number of sulfone groups is 1. The Labute approximate surface area is 168 Å². The van der Waals surface area contributed by atoms with Gasteiger partial charge in [0.25, 0.3) is 0 Å². The summed E-state index contributed by atoms with van der Waals surface area (Å²) in [5.41, 5.74) is 0.668. The molecule has 1 unspecified atom stereocenters. The highest BCUT2D eigenvalue weighted by molar-refractivity contribution is 9.10. The molecule has 1 N–H and O–H groups in total. The topological polar surface area (TPSA) is 63.2 Å². The SMILES string of the molecule is CCC(CC)C(NC(=O)CS(=O)(=O)Cc1cccc(Br)c1)c1cccs1. The van der Waals surface area contributed by atoms with Gasteiger partial charge in [0.2, 0.25) is 5.91 Å². The summed E-state index contributed by atoms with van der Waals surface area (Å²) in [5, 5.41) is 4.93. The fourth-order valence-corrected chi connectivity index (χ4v) is 5.58. The molecule has 0 aliphatic rings. The number of halogens is 1. The number of benzene rings is 1. The Bertz CT molecular complexity index is 815. The number of rotatable bonds is 9. The number of nitrogens with one attached hydrogen (secondary N) is 1. The van der Waals surface area contributed by atoms with E-state index in [0.717, 1.165) is 22.2 Å². The molecular formula is C19H24BrNO3S2. The normalized spacial score (nSPS) is 12.9. The van der Waals surface area contributed by atoms with Crippen LogP contribution in [0.4, 0.5) is 0 Å². The number of carbonyl (C=O) groups is 1. The first-order valence-electron chi connectivity index (χ1n) is 8.62. The van der Waals surface area contributed by atoms with E-state index in [1.54, 1.807) is 29.5 Å². The molecule has 1 aromatic carbocycles. The summed E-state index contributed by atoms with van der Waals surface area (Å²) in [4.78, 5) is 13.5. The lowest BCUT2D eigenvalue weighted by Crippen LogP contribution is -2.36. The molecular weight excluding hydrogens is 434 g/mol. The zero-order valence-corrected chi connectivity index (χ0v) is 18.2. The Balaban J connectivity index is 2.07. The standard InChI is InChI=1S/C19H24BrNO3S2/c1-3-15(4-2)19(17-9-6-10-25-17)21-18(22)13-26(23,24)12-14-7-5-8-16(20)11-14/h5-11,15,19H,3-4,12-13H2,1-2H3,(H,21,22). The van der Waals surface area contributed by atoms with Crippen molar-refractivity contribution >= 4 is 43.0 Å². The lowest BCUT2D eigenvalue weighted by Gasteiger charge is -2.25. The summed E-state index contributed by atoms with van der Waals surface area (Å²) in [6.45, 7) is 4.18. The number of thiophene rings is 1. The van der Waals surface area contributed by atoms with Crippen LogP contribution in [0, 0.1) is 5.92 Å². The van der Waals surface area contributed by atoms with E-state index in [9.17, 15) is 13.2 Å².